The smallest absolute Gasteiger partial charge is 0.323 e. The number of likely N-dealkylation sites (tertiary alicyclic amines) is 1. The highest BCUT2D eigenvalue weighted by molar-refractivity contribution is 5.75. The molecule has 0 aromatic rings. The Balaban J connectivity index is 2.48. The molecule has 4 heteroatoms. The summed E-state index contributed by atoms with van der Waals surface area (Å²) in [5, 5.41) is 9.45. The molecule has 0 radical (unpaired) electrons. The monoisotopic (exact) mass is 243 g/mol. The lowest BCUT2D eigenvalue weighted by atomic mass is 10.1. The maximum Gasteiger partial charge on any atom is 0.323 e. The fourth-order valence-electron chi connectivity index (χ4n) is 2.47. The van der Waals surface area contributed by atoms with E-state index in [1.807, 2.05) is 13.8 Å². The van der Waals surface area contributed by atoms with E-state index in [1.165, 1.54) is 0 Å². The van der Waals surface area contributed by atoms with Crippen molar-refractivity contribution < 1.29 is 14.6 Å². The molecular weight excluding hydrogens is 218 g/mol. The van der Waals surface area contributed by atoms with Gasteiger partial charge in [-0.25, -0.2) is 0 Å². The molecule has 0 amide bonds. The van der Waals surface area contributed by atoms with Gasteiger partial charge in [0.1, 0.15) is 6.04 Å². The summed E-state index contributed by atoms with van der Waals surface area (Å²) in [6.07, 6.45) is 3.46. The lowest BCUT2D eigenvalue weighted by Crippen LogP contribution is -2.44. The molecule has 100 valence electrons. The van der Waals surface area contributed by atoms with Gasteiger partial charge in [-0.15, -0.1) is 0 Å². The van der Waals surface area contributed by atoms with Crippen molar-refractivity contribution in [2.24, 2.45) is 0 Å². The average Bonchev–Trinajstić information content (AvgIpc) is 2.71. The number of aliphatic hydroxyl groups is 1. The minimum atomic E-state index is -0.306. The van der Waals surface area contributed by atoms with E-state index in [1.54, 1.807) is 6.92 Å². The van der Waals surface area contributed by atoms with Gasteiger partial charge >= 0.3 is 5.97 Å². The van der Waals surface area contributed by atoms with E-state index in [4.69, 9.17) is 4.74 Å². The topological polar surface area (TPSA) is 49.8 Å². The van der Waals surface area contributed by atoms with Gasteiger partial charge < -0.3 is 9.84 Å². The standard InChI is InChI=1S/C13H25NO3/c1-4-8-17-13(16)11(3)14-7-5-6-12(14)9-10(2)15/h10-12,15H,4-9H2,1-3H3. The van der Waals surface area contributed by atoms with E-state index in [0.717, 1.165) is 32.2 Å². The first kappa shape index (κ1) is 14.5. The normalized spacial score (nSPS) is 24.6. The Morgan fingerprint density at radius 3 is 2.82 bits per heavy atom. The molecule has 4 nitrogen and oxygen atoms in total. The molecule has 1 N–H and O–H groups in total. The number of aliphatic hydroxyl groups excluding tert-OH is 1. The summed E-state index contributed by atoms with van der Waals surface area (Å²) in [5.41, 5.74) is 0. The van der Waals surface area contributed by atoms with Crippen LogP contribution in [-0.4, -0.2) is 47.3 Å². The van der Waals surface area contributed by atoms with Gasteiger partial charge in [0.2, 0.25) is 0 Å². The zero-order valence-electron chi connectivity index (χ0n) is 11.2. The molecule has 0 aliphatic carbocycles. The van der Waals surface area contributed by atoms with Crippen LogP contribution in [0.1, 0.15) is 46.5 Å². The molecule has 0 aromatic heterocycles. The van der Waals surface area contributed by atoms with Crippen LogP contribution >= 0.6 is 0 Å². The molecule has 1 fully saturated rings. The Hall–Kier alpha value is -0.610. The predicted molar refractivity (Wildman–Crippen MR) is 66.7 cm³/mol. The number of nitrogens with zero attached hydrogens (tertiary/aromatic N) is 1. The summed E-state index contributed by atoms with van der Waals surface area (Å²) >= 11 is 0. The summed E-state index contributed by atoms with van der Waals surface area (Å²) < 4.78 is 5.18. The largest absolute Gasteiger partial charge is 0.465 e. The number of ether oxygens (including phenoxy) is 1. The molecule has 0 saturated carbocycles. The van der Waals surface area contributed by atoms with Crippen LogP contribution in [-0.2, 0) is 9.53 Å². The van der Waals surface area contributed by atoms with Gasteiger partial charge in [-0.3, -0.25) is 9.69 Å². The highest BCUT2D eigenvalue weighted by Gasteiger charge is 2.33. The second kappa shape index (κ2) is 6.97. The zero-order valence-corrected chi connectivity index (χ0v) is 11.2. The molecule has 1 rings (SSSR count). The van der Waals surface area contributed by atoms with E-state index in [9.17, 15) is 9.90 Å². The van der Waals surface area contributed by atoms with Crippen molar-refractivity contribution in [3.05, 3.63) is 0 Å². The first-order valence-corrected chi connectivity index (χ1v) is 6.66. The lowest BCUT2D eigenvalue weighted by Gasteiger charge is -2.29. The van der Waals surface area contributed by atoms with E-state index in [2.05, 4.69) is 4.90 Å². The first-order valence-electron chi connectivity index (χ1n) is 6.66. The Morgan fingerprint density at radius 1 is 1.53 bits per heavy atom. The van der Waals surface area contributed by atoms with Gasteiger partial charge in [-0.2, -0.15) is 0 Å². The number of carbonyl (C=O) groups is 1. The van der Waals surface area contributed by atoms with Gasteiger partial charge in [0.25, 0.3) is 0 Å². The second-order valence-corrected chi connectivity index (χ2v) is 4.96. The average molecular weight is 243 g/mol. The van der Waals surface area contributed by atoms with Crippen LogP contribution in [0.15, 0.2) is 0 Å². The summed E-state index contributed by atoms with van der Waals surface area (Å²) in [5.74, 6) is -0.135. The van der Waals surface area contributed by atoms with Crippen molar-refractivity contribution in [2.75, 3.05) is 13.2 Å². The van der Waals surface area contributed by atoms with Crippen LogP contribution in [0, 0.1) is 0 Å². The number of rotatable bonds is 6. The van der Waals surface area contributed by atoms with E-state index in [0.29, 0.717) is 12.6 Å². The van der Waals surface area contributed by atoms with Crippen LogP contribution in [0.4, 0.5) is 0 Å². The minimum absolute atomic E-state index is 0.135. The molecule has 1 heterocycles. The number of carbonyl (C=O) groups excluding carboxylic acids is 1. The number of hydrogen-bond acceptors (Lipinski definition) is 4. The van der Waals surface area contributed by atoms with E-state index < -0.39 is 0 Å². The molecule has 0 bridgehead atoms. The maximum absolute atomic E-state index is 11.8. The van der Waals surface area contributed by atoms with Crippen molar-refractivity contribution in [2.45, 2.75) is 64.6 Å². The highest BCUT2D eigenvalue weighted by atomic mass is 16.5. The van der Waals surface area contributed by atoms with Crippen LogP contribution in [0.25, 0.3) is 0 Å². The van der Waals surface area contributed by atoms with E-state index >= 15 is 0 Å². The summed E-state index contributed by atoms with van der Waals surface area (Å²) in [7, 11) is 0. The molecule has 17 heavy (non-hydrogen) atoms. The van der Waals surface area contributed by atoms with Gasteiger partial charge in [0, 0.05) is 6.04 Å². The third-order valence-electron chi connectivity index (χ3n) is 3.32. The minimum Gasteiger partial charge on any atom is -0.465 e. The second-order valence-electron chi connectivity index (χ2n) is 4.96. The van der Waals surface area contributed by atoms with Gasteiger partial charge in [0.15, 0.2) is 0 Å². The highest BCUT2D eigenvalue weighted by Crippen LogP contribution is 2.24. The molecule has 1 aliphatic heterocycles. The van der Waals surface area contributed by atoms with Crippen molar-refractivity contribution in [1.82, 2.24) is 4.90 Å². The zero-order chi connectivity index (χ0) is 12.8. The fraction of sp³-hybridized carbons (Fsp3) is 0.923. The van der Waals surface area contributed by atoms with Crippen molar-refractivity contribution >= 4 is 5.97 Å². The molecule has 0 aromatic carbocycles. The number of hydrogen-bond donors (Lipinski definition) is 1. The van der Waals surface area contributed by atoms with Crippen LogP contribution < -0.4 is 0 Å². The molecule has 1 aliphatic rings. The Kier molecular flexibility index (Phi) is 5.92. The summed E-state index contributed by atoms with van der Waals surface area (Å²) in [6, 6.07) is 0.131. The van der Waals surface area contributed by atoms with Crippen molar-refractivity contribution in [3.8, 4) is 0 Å². The van der Waals surface area contributed by atoms with Crippen molar-refractivity contribution in [1.29, 1.82) is 0 Å². The molecule has 1 saturated heterocycles. The van der Waals surface area contributed by atoms with Crippen LogP contribution in [0.3, 0.4) is 0 Å². The fourth-order valence-corrected chi connectivity index (χ4v) is 2.47. The molecule has 3 atom stereocenters. The predicted octanol–water partition coefficient (Wildman–Crippen LogP) is 1.56. The Bertz CT molecular complexity index is 243. The van der Waals surface area contributed by atoms with Gasteiger partial charge in [-0.1, -0.05) is 6.92 Å². The summed E-state index contributed by atoms with van der Waals surface area (Å²) in [6.45, 7) is 7.12. The third kappa shape index (κ3) is 4.28. The lowest BCUT2D eigenvalue weighted by molar-refractivity contribution is -0.150. The summed E-state index contributed by atoms with van der Waals surface area (Å²) in [4.78, 5) is 14.0. The van der Waals surface area contributed by atoms with Crippen LogP contribution in [0.5, 0.6) is 0 Å². The Labute approximate surface area is 104 Å². The van der Waals surface area contributed by atoms with Crippen LogP contribution in [0.2, 0.25) is 0 Å². The third-order valence-corrected chi connectivity index (χ3v) is 3.32. The quantitative estimate of drug-likeness (QED) is 0.719. The molecular formula is C13H25NO3. The van der Waals surface area contributed by atoms with Gasteiger partial charge in [0.05, 0.1) is 12.7 Å². The van der Waals surface area contributed by atoms with Crippen molar-refractivity contribution in [3.63, 3.8) is 0 Å². The number of esters is 1. The Morgan fingerprint density at radius 2 is 2.24 bits per heavy atom. The van der Waals surface area contributed by atoms with E-state index in [-0.39, 0.29) is 18.1 Å². The first-order chi connectivity index (χ1) is 8.06. The molecule has 0 spiro atoms. The maximum atomic E-state index is 11.8. The molecule has 3 unspecified atom stereocenters. The van der Waals surface area contributed by atoms with Gasteiger partial charge in [-0.05, 0) is 46.1 Å². The SMILES string of the molecule is CCCOC(=O)C(C)N1CCCC1CC(C)O.